The Labute approximate surface area is 288 Å². The van der Waals surface area contributed by atoms with E-state index in [2.05, 4.69) is 10.6 Å². The molecule has 0 aromatic carbocycles. The number of methoxy groups -OCH3 is 1. The number of hydrogen-bond acceptors (Lipinski definition) is 16. The molecule has 0 radical (unpaired) electrons. The molecule has 1 heterocycles. The number of amides is 2. The van der Waals surface area contributed by atoms with Gasteiger partial charge in [-0.3, -0.25) is 19.2 Å². The van der Waals surface area contributed by atoms with E-state index in [9.17, 15) is 33.6 Å². The SMILES string of the molecule is [2H][13C]([2H])(NC(=O)OC(C)(C)C)C(CC[C@H](NC(=O)OC(C)(C)C)C(=O)OC)O[C@@H]1O[C@H](COC(C)=O)[C@H](OC(C)=O)[C@H](OC(C)=O)[C@H]1OC(C)=O. The summed E-state index contributed by atoms with van der Waals surface area (Å²) in [6.07, 6.45) is -13.2. The highest BCUT2D eigenvalue weighted by Gasteiger charge is 2.53. The molecule has 7 atom stereocenters. The van der Waals surface area contributed by atoms with Crippen molar-refractivity contribution in [1.29, 1.82) is 0 Å². The van der Waals surface area contributed by atoms with Gasteiger partial charge in [0.25, 0.3) is 0 Å². The first kappa shape index (κ1) is 39.3. The first-order chi connectivity index (χ1) is 23.2. The Morgan fingerprint density at radius 3 is 1.73 bits per heavy atom. The number of alkyl carbamates (subject to hydrolysis) is 2. The Morgan fingerprint density at radius 2 is 1.24 bits per heavy atom. The van der Waals surface area contributed by atoms with E-state index in [0.29, 0.717) is 0 Å². The fourth-order valence-electron chi connectivity index (χ4n) is 4.24. The van der Waals surface area contributed by atoms with Gasteiger partial charge < -0.3 is 53.3 Å². The van der Waals surface area contributed by atoms with Gasteiger partial charge >= 0.3 is 42.0 Å². The molecule has 1 unspecified atom stereocenters. The minimum absolute atomic E-state index is 0.392. The van der Waals surface area contributed by atoms with Gasteiger partial charge in [0.05, 0.1) is 16.0 Å². The minimum atomic E-state index is -2.87. The molecule has 0 aliphatic carbocycles. The standard InChI is InChI=1S/C31H50N2O16/c1-16(34)42-15-22-23(43-17(2)35)24(44-18(3)36)25(45-19(4)37)27(47-22)46-20(14-32-28(39)48-30(5,6)7)12-13-21(26(38)41-11)33-29(40)49-31(8,9)10/h20-25,27H,12-15H2,1-11H3,(H,32,39)(H,33,40)/t20?,21-,22+,23-,24-,25+,27+/m0/s1/i14+1D2. The van der Waals surface area contributed by atoms with Crippen LogP contribution in [0.3, 0.4) is 0 Å². The van der Waals surface area contributed by atoms with Gasteiger partial charge in [0.2, 0.25) is 0 Å². The second-order valence-electron chi connectivity index (χ2n) is 12.8. The van der Waals surface area contributed by atoms with Crippen LogP contribution in [-0.4, -0.2) is 116 Å². The highest BCUT2D eigenvalue weighted by Crippen LogP contribution is 2.31. The van der Waals surface area contributed by atoms with Gasteiger partial charge in [-0.2, -0.15) is 0 Å². The van der Waals surface area contributed by atoms with Crippen molar-refractivity contribution in [2.45, 2.75) is 136 Å². The van der Waals surface area contributed by atoms with Crippen LogP contribution in [0.25, 0.3) is 0 Å². The lowest BCUT2D eigenvalue weighted by molar-refractivity contribution is -0.316. The van der Waals surface area contributed by atoms with Crippen LogP contribution < -0.4 is 10.6 Å². The number of carbonyl (C=O) groups is 7. The molecular weight excluding hydrogens is 657 g/mol. The number of hydrogen-bond donors (Lipinski definition) is 2. The maximum Gasteiger partial charge on any atom is 0.408 e. The molecule has 0 aromatic heterocycles. The van der Waals surface area contributed by atoms with Gasteiger partial charge in [0, 0.05) is 34.2 Å². The van der Waals surface area contributed by atoms with Crippen LogP contribution in [0, 0.1) is 0 Å². The Kier molecular flexibility index (Phi) is 15.3. The predicted molar refractivity (Wildman–Crippen MR) is 165 cm³/mol. The van der Waals surface area contributed by atoms with E-state index in [4.69, 9.17) is 45.4 Å². The first-order valence-electron chi connectivity index (χ1n) is 16.3. The molecule has 18 heteroatoms. The molecule has 0 aromatic rings. The molecule has 1 aliphatic heterocycles. The lowest BCUT2D eigenvalue weighted by Gasteiger charge is -2.44. The summed E-state index contributed by atoms with van der Waals surface area (Å²) in [5.41, 5.74) is -2.00. The molecule has 18 nitrogen and oxygen atoms in total. The monoisotopic (exact) mass is 709 g/mol. The number of nitrogens with one attached hydrogen (secondary N) is 2. The van der Waals surface area contributed by atoms with Gasteiger partial charge in [-0.1, -0.05) is 0 Å². The van der Waals surface area contributed by atoms with E-state index in [1.165, 1.54) is 20.8 Å². The molecule has 1 saturated heterocycles. The summed E-state index contributed by atoms with van der Waals surface area (Å²) in [4.78, 5) is 86.3. The number of carbonyl (C=O) groups excluding carboxylic acids is 7. The Balaban J connectivity index is 3.73. The summed E-state index contributed by atoms with van der Waals surface area (Å²) in [7, 11) is 1.06. The fraction of sp³-hybridized carbons (Fsp3) is 0.774. The molecule has 280 valence electrons. The summed E-state index contributed by atoms with van der Waals surface area (Å²) in [5.74, 6) is -4.46. The Morgan fingerprint density at radius 1 is 0.735 bits per heavy atom. The molecule has 1 aliphatic rings. The van der Waals surface area contributed by atoms with Crippen LogP contribution >= 0.6 is 0 Å². The Bertz CT molecular complexity index is 1260. The molecular formula is C31H50N2O16. The van der Waals surface area contributed by atoms with Gasteiger partial charge in [0.1, 0.15) is 30.0 Å². The van der Waals surface area contributed by atoms with Gasteiger partial charge in [-0.15, -0.1) is 0 Å². The quantitative estimate of drug-likeness (QED) is 0.149. The number of rotatable bonds is 14. The fourth-order valence-corrected chi connectivity index (χ4v) is 4.24. The third kappa shape index (κ3) is 17.2. The van der Waals surface area contributed by atoms with Crippen LogP contribution in [0.15, 0.2) is 0 Å². The summed E-state index contributed by atoms with van der Waals surface area (Å²) < 4.78 is 66.0. The molecule has 2 N–H and O–H groups in total. The van der Waals surface area contributed by atoms with Crippen LogP contribution in [0.5, 0.6) is 0 Å². The average Bonchev–Trinajstić information content (AvgIpc) is 2.92. The highest BCUT2D eigenvalue weighted by molar-refractivity contribution is 5.81. The number of ether oxygens (including phenoxy) is 9. The maximum absolute atomic E-state index is 12.7. The third-order valence-electron chi connectivity index (χ3n) is 5.87. The normalized spacial score (nSPS) is 22.8. The molecule has 2 amide bonds. The summed E-state index contributed by atoms with van der Waals surface area (Å²) in [6, 6.07) is -1.43. The smallest absolute Gasteiger partial charge is 0.408 e. The lowest BCUT2D eigenvalue weighted by atomic mass is 9.98. The zero-order valence-corrected chi connectivity index (χ0v) is 29.7. The molecule has 1 fully saturated rings. The van der Waals surface area contributed by atoms with Crippen molar-refractivity contribution in [2.75, 3.05) is 20.2 Å². The highest BCUT2D eigenvalue weighted by atomic mass is 16.7. The van der Waals surface area contributed by atoms with Crippen molar-refractivity contribution in [2.24, 2.45) is 0 Å². The zero-order chi connectivity index (χ0) is 39.5. The van der Waals surface area contributed by atoms with Crippen LogP contribution in [-0.2, 0) is 66.6 Å². The summed E-state index contributed by atoms with van der Waals surface area (Å²) >= 11 is 0. The molecule has 49 heavy (non-hydrogen) atoms. The van der Waals surface area contributed by atoms with Crippen molar-refractivity contribution < 1.29 is 78.9 Å². The van der Waals surface area contributed by atoms with E-state index in [0.717, 1.165) is 34.8 Å². The molecule has 1 rings (SSSR count). The predicted octanol–water partition coefficient (Wildman–Crippen LogP) is 1.83. The molecule has 0 bridgehead atoms. The first-order valence-corrected chi connectivity index (χ1v) is 15.3. The van der Waals surface area contributed by atoms with E-state index >= 15 is 0 Å². The van der Waals surface area contributed by atoms with Crippen molar-refractivity contribution >= 4 is 42.0 Å². The number of esters is 5. The largest absolute Gasteiger partial charge is 0.467 e. The summed E-state index contributed by atoms with van der Waals surface area (Å²) in [6.45, 7) is 10.0. The van der Waals surface area contributed by atoms with Gasteiger partial charge in [-0.25, -0.2) is 14.4 Å². The van der Waals surface area contributed by atoms with Crippen LogP contribution in [0.2, 0.25) is 0 Å². The molecule has 0 saturated carbocycles. The topological polar surface area (TPSA) is 227 Å². The van der Waals surface area contributed by atoms with Gasteiger partial charge in [-0.05, 0) is 54.4 Å². The Hall–Kier alpha value is -4.19. The van der Waals surface area contributed by atoms with Gasteiger partial charge in [0.15, 0.2) is 24.6 Å². The summed E-state index contributed by atoms with van der Waals surface area (Å²) in [5, 5.41) is 4.41. The average molecular weight is 710 g/mol. The van der Waals surface area contributed by atoms with E-state index in [-0.39, 0.29) is 0 Å². The minimum Gasteiger partial charge on any atom is -0.467 e. The lowest BCUT2D eigenvalue weighted by Crippen LogP contribution is -2.63. The molecule has 0 spiro atoms. The van der Waals surface area contributed by atoms with E-state index in [1.54, 1.807) is 20.8 Å². The van der Waals surface area contributed by atoms with Crippen LogP contribution in [0.4, 0.5) is 9.59 Å². The second-order valence-corrected chi connectivity index (χ2v) is 12.8. The van der Waals surface area contributed by atoms with E-state index < -0.39 is 122 Å². The van der Waals surface area contributed by atoms with E-state index in [1.807, 2.05) is 0 Å². The maximum atomic E-state index is 12.7. The van der Waals surface area contributed by atoms with Crippen LogP contribution in [0.1, 0.15) is 84.8 Å². The van der Waals surface area contributed by atoms with Crippen molar-refractivity contribution in [3.8, 4) is 0 Å². The van der Waals surface area contributed by atoms with Crippen molar-refractivity contribution in [1.82, 2.24) is 10.6 Å². The van der Waals surface area contributed by atoms with Crippen molar-refractivity contribution in [3.05, 3.63) is 0 Å². The third-order valence-corrected chi connectivity index (χ3v) is 5.87. The van der Waals surface area contributed by atoms with Crippen molar-refractivity contribution in [3.63, 3.8) is 0 Å². The zero-order valence-electron chi connectivity index (χ0n) is 31.7. The second kappa shape index (κ2) is 19.1.